The summed E-state index contributed by atoms with van der Waals surface area (Å²) in [5.41, 5.74) is 1.36. The molecule has 0 N–H and O–H groups in total. The van der Waals surface area contributed by atoms with Crippen molar-refractivity contribution in [3.8, 4) is 12.1 Å². The number of halogens is 2. The maximum absolute atomic E-state index is 11.3. The van der Waals surface area contributed by atoms with Gasteiger partial charge in [-0.25, -0.2) is 0 Å². The highest BCUT2D eigenvalue weighted by atomic mass is 35.5. The van der Waals surface area contributed by atoms with Crippen LogP contribution in [0.2, 0.25) is 0 Å². The molecule has 0 spiro atoms. The van der Waals surface area contributed by atoms with Crippen LogP contribution >= 0.6 is 23.2 Å². The molecule has 0 aliphatic heterocycles. The van der Waals surface area contributed by atoms with Crippen molar-refractivity contribution in [2.75, 3.05) is 0 Å². The third-order valence-corrected chi connectivity index (χ3v) is 5.31. The first kappa shape index (κ1) is 24.1. The van der Waals surface area contributed by atoms with Gasteiger partial charge in [-0.2, -0.15) is 10.5 Å². The molecular weight excluding hydrogens is 479 g/mol. The van der Waals surface area contributed by atoms with Crippen LogP contribution in [0.25, 0.3) is 22.2 Å². The summed E-state index contributed by atoms with van der Waals surface area (Å²) in [7, 11) is 0. The molecule has 0 aliphatic carbocycles. The molecule has 0 amide bonds. The van der Waals surface area contributed by atoms with Gasteiger partial charge in [0.2, 0.25) is 0 Å². The van der Waals surface area contributed by atoms with Crippen molar-refractivity contribution in [1.29, 1.82) is 10.5 Å². The molecule has 0 saturated heterocycles. The Bertz CT molecular complexity index is 1340. The van der Waals surface area contributed by atoms with Gasteiger partial charge in [0, 0.05) is 12.1 Å². The zero-order valence-electron chi connectivity index (χ0n) is 17.1. The molecule has 0 radical (unpaired) electrons. The average Bonchev–Trinajstić information content (AvgIpc) is 2.84. The fraction of sp³-hybridized carbons (Fsp3) is 0. The largest absolute Gasteiger partial charge is 0.279 e. The standard InChI is InChI=1S/C24H12Cl2N4O4/c25-21(19-7-5-17(13-27)11-23(19)29(31)32)9-15-1-2-16(4-3-15)10-22(26)20-8-6-18(14-28)12-24(20)30(33)34/h1-12H/b21-9-,22-10+. The highest BCUT2D eigenvalue weighted by Gasteiger charge is 2.18. The molecule has 34 heavy (non-hydrogen) atoms. The fourth-order valence-corrected chi connectivity index (χ4v) is 3.62. The Hall–Kier alpha value is -4.50. The van der Waals surface area contributed by atoms with Gasteiger partial charge < -0.3 is 0 Å². The molecule has 0 unspecified atom stereocenters. The Morgan fingerprint density at radius 3 is 1.35 bits per heavy atom. The highest BCUT2D eigenvalue weighted by Crippen LogP contribution is 2.33. The van der Waals surface area contributed by atoms with Gasteiger partial charge in [-0.15, -0.1) is 0 Å². The molecule has 3 aromatic rings. The van der Waals surface area contributed by atoms with E-state index >= 15 is 0 Å². The van der Waals surface area contributed by atoms with E-state index in [1.165, 1.54) is 36.4 Å². The molecule has 0 saturated carbocycles. The lowest BCUT2D eigenvalue weighted by Gasteiger charge is -2.04. The number of benzene rings is 3. The van der Waals surface area contributed by atoms with Crippen molar-refractivity contribution >= 4 is 56.8 Å². The van der Waals surface area contributed by atoms with E-state index in [1.54, 1.807) is 24.3 Å². The van der Waals surface area contributed by atoms with Gasteiger partial charge in [0.1, 0.15) is 0 Å². The second-order valence-corrected chi connectivity index (χ2v) is 7.67. The number of hydrogen-bond donors (Lipinski definition) is 0. The second kappa shape index (κ2) is 10.4. The Morgan fingerprint density at radius 1 is 0.706 bits per heavy atom. The van der Waals surface area contributed by atoms with Gasteiger partial charge in [0.15, 0.2) is 0 Å². The molecule has 0 aliphatic rings. The molecule has 0 atom stereocenters. The predicted octanol–water partition coefficient (Wildman–Crippen LogP) is 6.72. The SMILES string of the molecule is N#Cc1ccc(/C(Cl)=C/c2ccc(/C=C(/Cl)c3ccc(C#N)cc3[N+](=O)[O-])cc2)c([N+](=O)[O-])c1. The quantitative estimate of drug-likeness (QED) is 0.213. The van der Waals surface area contributed by atoms with E-state index in [-0.39, 0.29) is 43.7 Å². The first-order valence-corrected chi connectivity index (χ1v) is 10.2. The number of rotatable bonds is 6. The maximum Gasteiger partial charge on any atom is 0.279 e. The van der Waals surface area contributed by atoms with Gasteiger partial charge in [-0.1, -0.05) is 47.5 Å². The molecule has 3 aromatic carbocycles. The molecular formula is C24H12Cl2N4O4. The van der Waals surface area contributed by atoms with Crippen molar-refractivity contribution in [3.63, 3.8) is 0 Å². The molecule has 166 valence electrons. The molecule has 10 heteroatoms. The van der Waals surface area contributed by atoms with Crippen LogP contribution in [0.4, 0.5) is 11.4 Å². The van der Waals surface area contributed by atoms with Crippen molar-refractivity contribution in [2.45, 2.75) is 0 Å². The van der Waals surface area contributed by atoms with Gasteiger partial charge in [0.25, 0.3) is 11.4 Å². The van der Waals surface area contributed by atoms with Crippen LogP contribution in [-0.2, 0) is 0 Å². The topological polar surface area (TPSA) is 134 Å². The minimum atomic E-state index is -0.607. The van der Waals surface area contributed by atoms with E-state index in [4.69, 9.17) is 33.7 Å². The highest BCUT2D eigenvalue weighted by molar-refractivity contribution is 6.52. The second-order valence-electron chi connectivity index (χ2n) is 6.85. The Balaban J connectivity index is 1.91. The van der Waals surface area contributed by atoms with Crippen LogP contribution in [0.3, 0.4) is 0 Å². The summed E-state index contributed by atoms with van der Waals surface area (Å²) in [6.45, 7) is 0. The molecule has 0 heterocycles. The summed E-state index contributed by atoms with van der Waals surface area (Å²) >= 11 is 12.6. The van der Waals surface area contributed by atoms with E-state index < -0.39 is 9.85 Å². The van der Waals surface area contributed by atoms with E-state index in [0.717, 1.165) is 12.1 Å². The minimum Gasteiger partial charge on any atom is -0.258 e. The van der Waals surface area contributed by atoms with Crippen LogP contribution in [0.5, 0.6) is 0 Å². The van der Waals surface area contributed by atoms with Crippen molar-refractivity contribution in [2.24, 2.45) is 0 Å². The predicted molar refractivity (Wildman–Crippen MR) is 130 cm³/mol. The van der Waals surface area contributed by atoms with Gasteiger partial charge >= 0.3 is 0 Å². The number of nitriles is 2. The van der Waals surface area contributed by atoms with Crippen LogP contribution in [0, 0.1) is 42.9 Å². The molecule has 0 fully saturated rings. The summed E-state index contributed by atoms with van der Waals surface area (Å²) in [5.74, 6) is 0. The number of nitro benzene ring substituents is 2. The number of hydrogen-bond acceptors (Lipinski definition) is 6. The molecule has 3 rings (SSSR count). The van der Waals surface area contributed by atoms with Crippen LogP contribution in [-0.4, -0.2) is 9.85 Å². The Morgan fingerprint density at radius 2 is 1.06 bits per heavy atom. The van der Waals surface area contributed by atoms with Gasteiger partial charge in [-0.05, 0) is 47.5 Å². The normalized spacial score (nSPS) is 11.4. The third kappa shape index (κ3) is 5.45. The molecule has 0 aromatic heterocycles. The summed E-state index contributed by atoms with van der Waals surface area (Å²) < 4.78 is 0. The zero-order valence-corrected chi connectivity index (χ0v) is 18.6. The van der Waals surface area contributed by atoms with Crippen molar-refractivity contribution in [1.82, 2.24) is 0 Å². The smallest absolute Gasteiger partial charge is 0.258 e. The first-order valence-electron chi connectivity index (χ1n) is 9.45. The minimum absolute atomic E-state index is 0.116. The van der Waals surface area contributed by atoms with E-state index in [0.29, 0.717) is 11.1 Å². The maximum atomic E-state index is 11.3. The lowest BCUT2D eigenvalue weighted by atomic mass is 10.1. The number of nitro groups is 2. The summed E-state index contributed by atoms with van der Waals surface area (Å²) in [4.78, 5) is 21.5. The third-order valence-electron chi connectivity index (χ3n) is 4.68. The Labute approximate surface area is 203 Å². The number of nitrogens with zero attached hydrogens (tertiary/aromatic N) is 4. The zero-order chi connectivity index (χ0) is 24.8. The van der Waals surface area contributed by atoms with E-state index in [9.17, 15) is 20.2 Å². The van der Waals surface area contributed by atoms with E-state index in [1.807, 2.05) is 12.1 Å². The fourth-order valence-electron chi connectivity index (χ4n) is 3.05. The summed E-state index contributed by atoms with van der Waals surface area (Å²) in [6.07, 6.45) is 3.08. The molecule has 8 nitrogen and oxygen atoms in total. The first-order chi connectivity index (χ1) is 16.2. The van der Waals surface area contributed by atoms with Crippen LogP contribution in [0.1, 0.15) is 33.4 Å². The van der Waals surface area contributed by atoms with Gasteiger partial charge in [-0.3, -0.25) is 20.2 Å². The Kier molecular flexibility index (Phi) is 7.39. The lowest BCUT2D eigenvalue weighted by Crippen LogP contribution is -1.94. The molecule has 0 bridgehead atoms. The van der Waals surface area contributed by atoms with Crippen LogP contribution < -0.4 is 0 Å². The van der Waals surface area contributed by atoms with Gasteiger partial charge in [0.05, 0.1) is 54.3 Å². The summed E-state index contributed by atoms with van der Waals surface area (Å²) in [5, 5.41) is 40.8. The van der Waals surface area contributed by atoms with Crippen molar-refractivity contribution in [3.05, 3.63) is 114 Å². The monoisotopic (exact) mass is 490 g/mol. The van der Waals surface area contributed by atoms with E-state index in [2.05, 4.69) is 0 Å². The summed E-state index contributed by atoms with van der Waals surface area (Å²) in [6, 6.07) is 18.5. The van der Waals surface area contributed by atoms with Crippen molar-refractivity contribution < 1.29 is 9.85 Å². The lowest BCUT2D eigenvalue weighted by molar-refractivity contribution is -0.385. The average molecular weight is 491 g/mol. The van der Waals surface area contributed by atoms with Crippen LogP contribution in [0.15, 0.2) is 60.7 Å².